The zero-order valence-electron chi connectivity index (χ0n) is 10.8. The number of rotatable bonds is 1. The third-order valence-corrected chi connectivity index (χ3v) is 4.72. The lowest BCUT2D eigenvalue weighted by Gasteiger charge is -2.50. The number of piperidine rings is 1. The minimum atomic E-state index is 0.375. The maximum Gasteiger partial charge on any atom is 0.0130 e. The van der Waals surface area contributed by atoms with Gasteiger partial charge < -0.3 is 5.32 Å². The van der Waals surface area contributed by atoms with E-state index in [-0.39, 0.29) is 0 Å². The summed E-state index contributed by atoms with van der Waals surface area (Å²) in [6.07, 6.45) is 7.08. The van der Waals surface area contributed by atoms with Crippen LogP contribution >= 0.6 is 0 Å². The maximum absolute atomic E-state index is 3.87. The van der Waals surface area contributed by atoms with Crippen molar-refractivity contribution >= 4 is 0 Å². The van der Waals surface area contributed by atoms with Crippen LogP contribution in [0, 0.1) is 17.8 Å². The highest BCUT2D eigenvalue weighted by Crippen LogP contribution is 2.42. The Morgan fingerprint density at radius 2 is 2.00 bits per heavy atom. The van der Waals surface area contributed by atoms with Crippen molar-refractivity contribution in [2.24, 2.45) is 17.8 Å². The molecule has 0 amide bonds. The Morgan fingerprint density at radius 1 is 1.27 bits per heavy atom. The van der Waals surface area contributed by atoms with Crippen LogP contribution in [0.3, 0.4) is 0 Å². The van der Waals surface area contributed by atoms with E-state index in [0.717, 1.165) is 23.8 Å². The summed E-state index contributed by atoms with van der Waals surface area (Å²) in [6.45, 7) is 9.56. The van der Waals surface area contributed by atoms with Crippen molar-refractivity contribution in [2.75, 3.05) is 0 Å². The van der Waals surface area contributed by atoms with Gasteiger partial charge in [0.1, 0.15) is 0 Å². The van der Waals surface area contributed by atoms with Crippen molar-refractivity contribution in [3.8, 4) is 0 Å². The normalized spacial score (nSPS) is 44.8. The van der Waals surface area contributed by atoms with Crippen LogP contribution in [-0.2, 0) is 0 Å². The molecular formula is C14H27N. The highest BCUT2D eigenvalue weighted by molar-refractivity contribution is 4.98. The summed E-state index contributed by atoms with van der Waals surface area (Å²) in [5.41, 5.74) is 0.375. The maximum atomic E-state index is 3.87. The van der Waals surface area contributed by atoms with Crippen LogP contribution in [0.2, 0.25) is 0 Å². The summed E-state index contributed by atoms with van der Waals surface area (Å²) in [5.74, 6) is 2.88. The first kappa shape index (κ1) is 11.4. The van der Waals surface area contributed by atoms with Gasteiger partial charge in [0.15, 0.2) is 0 Å². The van der Waals surface area contributed by atoms with Gasteiger partial charge in [-0.15, -0.1) is 0 Å². The van der Waals surface area contributed by atoms with Gasteiger partial charge in [-0.3, -0.25) is 0 Å². The molecule has 1 heteroatoms. The quantitative estimate of drug-likeness (QED) is 0.696. The van der Waals surface area contributed by atoms with Crippen molar-refractivity contribution in [3.05, 3.63) is 0 Å². The molecule has 4 atom stereocenters. The van der Waals surface area contributed by atoms with E-state index in [1.807, 2.05) is 0 Å². The van der Waals surface area contributed by atoms with E-state index in [1.165, 1.54) is 32.1 Å². The molecule has 0 spiro atoms. The fourth-order valence-corrected chi connectivity index (χ4v) is 3.99. The first-order chi connectivity index (χ1) is 7.02. The minimum Gasteiger partial charge on any atom is -0.309 e. The first-order valence-electron chi connectivity index (χ1n) is 6.79. The molecule has 1 saturated heterocycles. The van der Waals surface area contributed by atoms with E-state index in [2.05, 4.69) is 33.0 Å². The monoisotopic (exact) mass is 209 g/mol. The predicted molar refractivity (Wildman–Crippen MR) is 65.9 cm³/mol. The Balaban J connectivity index is 2.04. The number of nitrogens with one attached hydrogen (secondary N) is 1. The summed E-state index contributed by atoms with van der Waals surface area (Å²) in [6, 6.07) is 0.812. The molecular weight excluding hydrogens is 182 g/mol. The van der Waals surface area contributed by atoms with Crippen molar-refractivity contribution in [3.63, 3.8) is 0 Å². The molecule has 2 fully saturated rings. The number of hydrogen-bond donors (Lipinski definition) is 1. The Hall–Kier alpha value is -0.0400. The molecule has 0 aromatic carbocycles. The van der Waals surface area contributed by atoms with Gasteiger partial charge in [-0.05, 0) is 57.3 Å². The highest BCUT2D eigenvalue weighted by Gasteiger charge is 2.41. The highest BCUT2D eigenvalue weighted by atomic mass is 15.0. The zero-order chi connectivity index (χ0) is 11.1. The lowest BCUT2D eigenvalue weighted by atomic mass is 9.66. The Labute approximate surface area is 95.0 Å². The molecule has 4 unspecified atom stereocenters. The van der Waals surface area contributed by atoms with Gasteiger partial charge in [0.25, 0.3) is 0 Å². The van der Waals surface area contributed by atoms with Gasteiger partial charge >= 0.3 is 0 Å². The predicted octanol–water partition coefficient (Wildman–Crippen LogP) is 3.59. The summed E-state index contributed by atoms with van der Waals surface area (Å²) in [4.78, 5) is 0. The fourth-order valence-electron chi connectivity index (χ4n) is 3.99. The van der Waals surface area contributed by atoms with E-state index in [1.54, 1.807) is 0 Å². The molecule has 1 nitrogen and oxygen atoms in total. The average Bonchev–Trinajstić information content (AvgIpc) is 2.15. The molecule has 88 valence electrons. The van der Waals surface area contributed by atoms with E-state index >= 15 is 0 Å². The zero-order valence-corrected chi connectivity index (χ0v) is 10.8. The lowest BCUT2D eigenvalue weighted by molar-refractivity contribution is 0.0606. The molecule has 1 aliphatic carbocycles. The Bertz CT molecular complexity index is 221. The van der Waals surface area contributed by atoms with Crippen LogP contribution in [0.5, 0.6) is 0 Å². The molecule has 1 N–H and O–H groups in total. The summed E-state index contributed by atoms with van der Waals surface area (Å²) in [7, 11) is 0. The number of hydrogen-bond acceptors (Lipinski definition) is 1. The second kappa shape index (κ2) is 4.08. The third kappa shape index (κ3) is 2.38. The topological polar surface area (TPSA) is 12.0 Å². The van der Waals surface area contributed by atoms with E-state index in [4.69, 9.17) is 0 Å². The van der Waals surface area contributed by atoms with Crippen LogP contribution in [0.4, 0.5) is 0 Å². The van der Waals surface area contributed by atoms with Crippen LogP contribution in [0.15, 0.2) is 0 Å². The van der Waals surface area contributed by atoms with E-state index in [9.17, 15) is 0 Å². The average molecular weight is 209 g/mol. The Kier molecular flexibility index (Phi) is 3.12. The van der Waals surface area contributed by atoms with Gasteiger partial charge in [0.2, 0.25) is 0 Å². The second-order valence-electron chi connectivity index (χ2n) is 6.57. The van der Waals surface area contributed by atoms with E-state index in [0.29, 0.717) is 5.54 Å². The van der Waals surface area contributed by atoms with Gasteiger partial charge in [-0.25, -0.2) is 0 Å². The largest absolute Gasteiger partial charge is 0.309 e. The summed E-state index contributed by atoms with van der Waals surface area (Å²) >= 11 is 0. The smallest absolute Gasteiger partial charge is 0.0130 e. The molecule has 0 aromatic rings. The van der Waals surface area contributed by atoms with Gasteiger partial charge in [-0.2, -0.15) is 0 Å². The Morgan fingerprint density at radius 3 is 2.67 bits per heavy atom. The minimum absolute atomic E-state index is 0.375. The summed E-state index contributed by atoms with van der Waals surface area (Å²) < 4.78 is 0. The molecule has 1 saturated carbocycles. The van der Waals surface area contributed by atoms with Crippen LogP contribution < -0.4 is 5.32 Å². The molecule has 0 bridgehead atoms. The molecule has 0 radical (unpaired) electrons. The van der Waals surface area contributed by atoms with Crippen molar-refractivity contribution in [1.29, 1.82) is 0 Å². The van der Waals surface area contributed by atoms with Crippen molar-refractivity contribution in [2.45, 2.75) is 71.4 Å². The lowest BCUT2D eigenvalue weighted by Crippen LogP contribution is -2.58. The van der Waals surface area contributed by atoms with Crippen LogP contribution in [0.25, 0.3) is 0 Å². The molecule has 1 aliphatic heterocycles. The van der Waals surface area contributed by atoms with E-state index < -0.39 is 0 Å². The SMILES string of the molecule is CCC1CCC2NC(C)(C)CC(C)C2C1. The van der Waals surface area contributed by atoms with Gasteiger partial charge in [-0.1, -0.05) is 20.3 Å². The third-order valence-electron chi connectivity index (χ3n) is 4.72. The standard InChI is InChI=1S/C14H27N/c1-5-11-6-7-13-12(8-11)10(2)9-14(3,4)15-13/h10-13,15H,5-9H2,1-4H3. The van der Waals surface area contributed by atoms with Crippen molar-refractivity contribution < 1.29 is 0 Å². The van der Waals surface area contributed by atoms with Crippen LogP contribution in [-0.4, -0.2) is 11.6 Å². The molecule has 1 heterocycles. The summed E-state index contributed by atoms with van der Waals surface area (Å²) in [5, 5.41) is 3.87. The van der Waals surface area contributed by atoms with Gasteiger partial charge in [0, 0.05) is 11.6 Å². The molecule has 2 rings (SSSR count). The number of fused-ring (bicyclic) bond motifs is 1. The molecule has 2 aliphatic rings. The first-order valence-corrected chi connectivity index (χ1v) is 6.79. The molecule has 0 aromatic heterocycles. The fraction of sp³-hybridized carbons (Fsp3) is 1.00. The van der Waals surface area contributed by atoms with Crippen LogP contribution in [0.1, 0.15) is 59.8 Å². The second-order valence-corrected chi connectivity index (χ2v) is 6.57. The molecule has 15 heavy (non-hydrogen) atoms. The van der Waals surface area contributed by atoms with Gasteiger partial charge in [0.05, 0.1) is 0 Å². The van der Waals surface area contributed by atoms with Crippen molar-refractivity contribution in [1.82, 2.24) is 5.32 Å².